The lowest BCUT2D eigenvalue weighted by Gasteiger charge is -2.45. The van der Waals surface area contributed by atoms with Crippen molar-refractivity contribution < 1.29 is 4.79 Å². The Labute approximate surface area is 158 Å². The molecule has 2 atom stereocenters. The number of fused-ring (bicyclic) bond motifs is 1. The number of anilines is 2. The van der Waals surface area contributed by atoms with Gasteiger partial charge >= 0.3 is 0 Å². The van der Waals surface area contributed by atoms with Gasteiger partial charge in [0.1, 0.15) is 11.2 Å². The molecule has 1 spiro atoms. The number of rotatable bonds is 2. The van der Waals surface area contributed by atoms with Gasteiger partial charge in [0.25, 0.3) is 5.91 Å². The van der Waals surface area contributed by atoms with Crippen molar-refractivity contribution in [1.29, 1.82) is 5.41 Å². The highest BCUT2D eigenvalue weighted by molar-refractivity contribution is 6.09. The fraction of sp³-hybridized carbons (Fsp3) is 0.500. The van der Waals surface area contributed by atoms with Gasteiger partial charge in [-0.1, -0.05) is 19.8 Å². The SMILES string of the molecule is C[C@H]1C[C@@]12C(=O)N(C)c1cnc(-n3ccc(=N)cc3)nc1N2C1CCCC1. The summed E-state index contributed by atoms with van der Waals surface area (Å²) in [5.41, 5.74) is 0.357. The van der Waals surface area contributed by atoms with Gasteiger partial charge in [0, 0.05) is 25.5 Å². The Balaban J connectivity index is 1.67. The van der Waals surface area contributed by atoms with Gasteiger partial charge < -0.3 is 15.2 Å². The van der Waals surface area contributed by atoms with E-state index >= 15 is 0 Å². The maximum Gasteiger partial charge on any atom is 0.253 e. The smallest absolute Gasteiger partial charge is 0.253 e. The first-order valence-corrected chi connectivity index (χ1v) is 9.70. The minimum Gasteiger partial charge on any atom is -0.337 e. The largest absolute Gasteiger partial charge is 0.337 e. The first kappa shape index (κ1) is 16.5. The molecule has 1 N–H and O–H groups in total. The quantitative estimate of drug-likeness (QED) is 0.887. The lowest BCUT2D eigenvalue weighted by Crippen LogP contribution is -2.59. The molecule has 0 aromatic carbocycles. The van der Waals surface area contributed by atoms with Crippen LogP contribution < -0.4 is 15.2 Å². The van der Waals surface area contributed by atoms with E-state index in [1.165, 1.54) is 12.8 Å². The number of carbonyl (C=O) groups excluding carboxylic acids is 1. The summed E-state index contributed by atoms with van der Waals surface area (Å²) >= 11 is 0. The molecule has 3 heterocycles. The lowest BCUT2D eigenvalue weighted by molar-refractivity contribution is -0.121. The zero-order chi connectivity index (χ0) is 18.8. The van der Waals surface area contributed by atoms with Gasteiger partial charge in [-0.05, 0) is 37.3 Å². The van der Waals surface area contributed by atoms with Crippen LogP contribution in [0.1, 0.15) is 39.0 Å². The number of nitrogens with one attached hydrogen (secondary N) is 1. The molecule has 0 saturated heterocycles. The van der Waals surface area contributed by atoms with Gasteiger partial charge in [-0.15, -0.1) is 0 Å². The number of nitrogens with zero attached hydrogens (tertiary/aromatic N) is 5. The summed E-state index contributed by atoms with van der Waals surface area (Å²) in [4.78, 5) is 26.7. The zero-order valence-corrected chi connectivity index (χ0v) is 15.7. The molecule has 2 aromatic rings. The molecule has 140 valence electrons. The number of hydrogen-bond donors (Lipinski definition) is 1. The zero-order valence-electron chi connectivity index (χ0n) is 15.7. The average Bonchev–Trinajstić information content (AvgIpc) is 3.06. The monoisotopic (exact) mass is 364 g/mol. The van der Waals surface area contributed by atoms with E-state index < -0.39 is 5.54 Å². The minimum atomic E-state index is -0.432. The van der Waals surface area contributed by atoms with Crippen molar-refractivity contribution in [2.24, 2.45) is 5.92 Å². The van der Waals surface area contributed by atoms with Crippen molar-refractivity contribution in [2.45, 2.75) is 50.6 Å². The number of amides is 1. The van der Waals surface area contributed by atoms with Gasteiger partial charge in [0.05, 0.1) is 11.6 Å². The second-order valence-corrected chi connectivity index (χ2v) is 8.07. The van der Waals surface area contributed by atoms with Gasteiger partial charge in [0.15, 0.2) is 5.82 Å². The molecule has 3 aliphatic rings. The fourth-order valence-electron chi connectivity index (χ4n) is 4.85. The Hall–Kier alpha value is -2.70. The summed E-state index contributed by atoms with van der Waals surface area (Å²) in [6.07, 6.45) is 10.9. The van der Waals surface area contributed by atoms with Crippen molar-refractivity contribution in [2.75, 3.05) is 16.8 Å². The van der Waals surface area contributed by atoms with Crippen LogP contribution in [0.25, 0.3) is 5.95 Å². The van der Waals surface area contributed by atoms with E-state index in [4.69, 9.17) is 10.4 Å². The van der Waals surface area contributed by atoms with Crippen molar-refractivity contribution in [3.8, 4) is 5.95 Å². The second kappa shape index (κ2) is 5.65. The number of hydrogen-bond acceptors (Lipinski definition) is 5. The van der Waals surface area contributed by atoms with Crippen LogP contribution in [-0.2, 0) is 4.79 Å². The van der Waals surface area contributed by atoms with Crippen LogP contribution >= 0.6 is 0 Å². The Bertz CT molecular complexity index is 958. The standard InChI is InChI=1S/C20H24N6O/c1-13-11-20(13)18(27)24(2)16-12-22-19(25-9-7-14(21)8-10-25)23-17(16)26(20)15-5-3-4-6-15/h7-10,12-13,15,21H,3-6,11H2,1-2H3/t13-,20-/m0/s1. The highest BCUT2D eigenvalue weighted by atomic mass is 16.2. The topological polar surface area (TPSA) is 78.1 Å². The Kier molecular flexibility index (Phi) is 3.44. The first-order valence-electron chi connectivity index (χ1n) is 9.70. The van der Waals surface area contributed by atoms with Crippen LogP contribution in [0, 0.1) is 11.3 Å². The van der Waals surface area contributed by atoms with E-state index in [0.29, 0.717) is 23.3 Å². The minimum absolute atomic E-state index is 0.178. The van der Waals surface area contributed by atoms with Crippen molar-refractivity contribution in [3.05, 3.63) is 36.1 Å². The Morgan fingerprint density at radius 2 is 1.89 bits per heavy atom. The molecule has 2 aliphatic carbocycles. The Morgan fingerprint density at radius 1 is 1.22 bits per heavy atom. The molecule has 27 heavy (non-hydrogen) atoms. The molecular weight excluding hydrogens is 340 g/mol. The summed E-state index contributed by atoms with van der Waals surface area (Å²) < 4.78 is 1.82. The highest BCUT2D eigenvalue weighted by Gasteiger charge is 2.66. The lowest BCUT2D eigenvalue weighted by atomic mass is 10.0. The summed E-state index contributed by atoms with van der Waals surface area (Å²) in [7, 11) is 1.84. The predicted molar refractivity (Wildman–Crippen MR) is 102 cm³/mol. The molecule has 7 nitrogen and oxygen atoms in total. The van der Waals surface area contributed by atoms with E-state index in [2.05, 4.69) is 16.8 Å². The molecule has 2 saturated carbocycles. The normalized spacial score (nSPS) is 27.3. The van der Waals surface area contributed by atoms with Crippen LogP contribution in [-0.4, -0.2) is 39.1 Å². The molecule has 2 aromatic heterocycles. The van der Waals surface area contributed by atoms with Gasteiger partial charge in [-0.2, -0.15) is 4.98 Å². The molecule has 7 heteroatoms. The number of carbonyl (C=O) groups is 1. The van der Waals surface area contributed by atoms with Gasteiger partial charge in [0.2, 0.25) is 5.95 Å². The van der Waals surface area contributed by atoms with Crippen LogP contribution in [0.15, 0.2) is 30.7 Å². The van der Waals surface area contributed by atoms with E-state index in [1.807, 2.05) is 11.6 Å². The predicted octanol–water partition coefficient (Wildman–Crippen LogP) is 2.25. The number of aromatic nitrogens is 3. The van der Waals surface area contributed by atoms with Crippen LogP contribution in [0.5, 0.6) is 0 Å². The van der Waals surface area contributed by atoms with Crippen LogP contribution in [0.2, 0.25) is 0 Å². The highest BCUT2D eigenvalue weighted by Crippen LogP contribution is 2.57. The molecular formula is C20H24N6O. The number of pyridine rings is 1. The van der Waals surface area contributed by atoms with E-state index in [-0.39, 0.29) is 5.91 Å². The fourth-order valence-corrected chi connectivity index (χ4v) is 4.85. The van der Waals surface area contributed by atoms with Crippen LogP contribution in [0.3, 0.4) is 0 Å². The maximum absolute atomic E-state index is 13.2. The second-order valence-electron chi connectivity index (χ2n) is 8.07. The third-order valence-corrected chi connectivity index (χ3v) is 6.45. The van der Waals surface area contributed by atoms with Gasteiger partial charge in [-0.3, -0.25) is 9.36 Å². The molecule has 1 amide bonds. The Morgan fingerprint density at radius 3 is 2.52 bits per heavy atom. The van der Waals surface area contributed by atoms with Crippen molar-refractivity contribution in [1.82, 2.24) is 14.5 Å². The van der Waals surface area contributed by atoms with E-state index in [0.717, 1.165) is 30.8 Å². The summed E-state index contributed by atoms with van der Waals surface area (Å²) in [5, 5.41) is 8.13. The van der Waals surface area contributed by atoms with E-state index in [9.17, 15) is 4.79 Å². The van der Waals surface area contributed by atoms with Crippen LogP contribution in [0.4, 0.5) is 11.5 Å². The molecule has 5 rings (SSSR count). The molecule has 0 radical (unpaired) electrons. The molecule has 1 aliphatic heterocycles. The molecule has 2 fully saturated rings. The molecule has 0 unspecified atom stereocenters. The average molecular weight is 364 g/mol. The summed E-state index contributed by atoms with van der Waals surface area (Å²) in [6.45, 7) is 2.17. The first-order chi connectivity index (χ1) is 13.0. The molecule has 0 bridgehead atoms. The van der Waals surface area contributed by atoms with Gasteiger partial charge in [-0.25, -0.2) is 4.98 Å². The summed E-state index contributed by atoms with van der Waals surface area (Å²) in [6, 6.07) is 3.81. The van der Waals surface area contributed by atoms with Crippen molar-refractivity contribution in [3.63, 3.8) is 0 Å². The van der Waals surface area contributed by atoms with E-state index in [1.54, 1.807) is 35.6 Å². The number of likely N-dealkylation sites (N-methyl/N-ethyl adjacent to an activating group) is 1. The third-order valence-electron chi connectivity index (χ3n) is 6.45. The third kappa shape index (κ3) is 2.27. The van der Waals surface area contributed by atoms with Crippen molar-refractivity contribution >= 4 is 17.4 Å². The maximum atomic E-state index is 13.2. The summed E-state index contributed by atoms with van der Waals surface area (Å²) in [5.74, 6) is 1.97.